The minimum absolute atomic E-state index is 0.666. The highest BCUT2D eigenvalue weighted by atomic mass is 16.3. The molecule has 9 aromatic rings. The summed E-state index contributed by atoms with van der Waals surface area (Å²) in [5.41, 5.74) is 7.04. The molecule has 4 nitrogen and oxygen atoms in total. The van der Waals surface area contributed by atoms with Crippen molar-refractivity contribution < 1.29 is 4.42 Å². The zero-order chi connectivity index (χ0) is 32.3. The van der Waals surface area contributed by atoms with E-state index in [2.05, 4.69) is 91.0 Å². The molecule has 2 heterocycles. The van der Waals surface area contributed by atoms with Crippen LogP contribution in [0.2, 0.25) is 0 Å². The Bertz CT molecular complexity index is 2780. The largest absolute Gasteiger partial charge is 0.456 e. The molecule has 0 N–H and O–H groups in total. The molecule has 0 saturated carbocycles. The molecular formula is C45H29N3O. The normalized spacial score (nSPS) is 12.9. The van der Waals surface area contributed by atoms with Crippen LogP contribution in [0.25, 0.3) is 88.8 Å². The van der Waals surface area contributed by atoms with E-state index in [1.807, 2.05) is 60.7 Å². The van der Waals surface area contributed by atoms with Crippen molar-refractivity contribution in [2.45, 2.75) is 12.8 Å². The van der Waals surface area contributed by atoms with Gasteiger partial charge in [-0.15, -0.1) is 0 Å². The van der Waals surface area contributed by atoms with Gasteiger partial charge in [0.15, 0.2) is 17.5 Å². The second-order valence-electron chi connectivity index (χ2n) is 12.7. The van der Waals surface area contributed by atoms with E-state index < -0.39 is 0 Å². The molecule has 10 rings (SSSR count). The van der Waals surface area contributed by atoms with Gasteiger partial charge in [0.1, 0.15) is 11.0 Å². The van der Waals surface area contributed by atoms with Crippen molar-refractivity contribution in [3.05, 3.63) is 162 Å². The zero-order valence-corrected chi connectivity index (χ0v) is 26.6. The number of hydrogen-bond donors (Lipinski definition) is 0. The van der Waals surface area contributed by atoms with Crippen LogP contribution in [0.15, 0.2) is 150 Å². The molecule has 49 heavy (non-hydrogen) atoms. The zero-order valence-electron chi connectivity index (χ0n) is 26.6. The molecule has 0 bridgehead atoms. The number of benzene rings is 7. The third-order valence-electron chi connectivity index (χ3n) is 9.79. The molecule has 0 fully saturated rings. The van der Waals surface area contributed by atoms with Gasteiger partial charge in [-0.05, 0) is 80.6 Å². The molecule has 0 aliphatic heterocycles. The van der Waals surface area contributed by atoms with Gasteiger partial charge < -0.3 is 4.42 Å². The summed E-state index contributed by atoms with van der Waals surface area (Å²) in [5, 5.41) is 9.78. The highest BCUT2D eigenvalue weighted by molar-refractivity contribution is 6.25. The van der Waals surface area contributed by atoms with E-state index in [9.17, 15) is 0 Å². The van der Waals surface area contributed by atoms with Gasteiger partial charge in [-0.2, -0.15) is 0 Å². The van der Waals surface area contributed by atoms with E-state index in [0.29, 0.717) is 17.5 Å². The van der Waals surface area contributed by atoms with Crippen LogP contribution in [0, 0.1) is 0 Å². The van der Waals surface area contributed by atoms with Crippen molar-refractivity contribution in [1.82, 2.24) is 15.0 Å². The molecule has 4 heteroatoms. The van der Waals surface area contributed by atoms with Crippen LogP contribution in [0.4, 0.5) is 0 Å². The molecule has 0 amide bonds. The SMILES string of the molecule is C1=c2oc3cc(-c4ccc5c6ccccc6c6ccccc6c5c4)ccc3c2=C(c2nc(-c3ccccc3)nc(-c3ccccc3)n2)CC1. The summed E-state index contributed by atoms with van der Waals surface area (Å²) in [4.78, 5) is 15.0. The Kier molecular flexibility index (Phi) is 6.28. The van der Waals surface area contributed by atoms with Gasteiger partial charge in [0.05, 0.1) is 0 Å². The van der Waals surface area contributed by atoms with Gasteiger partial charge in [0.25, 0.3) is 0 Å². The van der Waals surface area contributed by atoms with E-state index in [4.69, 9.17) is 19.4 Å². The Labute approximate surface area is 282 Å². The molecule has 7 aromatic carbocycles. The van der Waals surface area contributed by atoms with Crippen LogP contribution < -0.4 is 10.6 Å². The fraction of sp³-hybridized carbons (Fsp3) is 0.0444. The standard InChI is InChI=1S/C45H29N3O/c1-3-12-28(13-4-1)43-46-44(29-14-5-2-6-15-29)48-45(47-43)38-20-11-21-40-42(38)37-25-23-31(27-41(37)49-40)30-22-24-36-34-18-8-7-16-32(34)33-17-9-10-19-35(33)39(36)26-30/h1-10,12-19,21-27H,11,20H2. The van der Waals surface area contributed by atoms with Crippen molar-refractivity contribution in [1.29, 1.82) is 0 Å². The maximum absolute atomic E-state index is 6.60. The molecule has 2 aromatic heterocycles. The summed E-state index contributed by atoms with van der Waals surface area (Å²) in [6, 6.07) is 51.1. The molecule has 1 aliphatic rings. The molecular weight excluding hydrogens is 599 g/mol. The first-order valence-electron chi connectivity index (χ1n) is 16.8. The highest BCUT2D eigenvalue weighted by Crippen LogP contribution is 2.37. The van der Waals surface area contributed by atoms with Crippen molar-refractivity contribution in [3.63, 3.8) is 0 Å². The monoisotopic (exact) mass is 627 g/mol. The lowest BCUT2D eigenvalue weighted by Gasteiger charge is -2.12. The summed E-state index contributed by atoms with van der Waals surface area (Å²) in [6.45, 7) is 0. The van der Waals surface area contributed by atoms with E-state index >= 15 is 0 Å². The van der Waals surface area contributed by atoms with Gasteiger partial charge in [-0.25, -0.2) is 15.0 Å². The topological polar surface area (TPSA) is 51.8 Å². The maximum Gasteiger partial charge on any atom is 0.164 e. The second kappa shape index (κ2) is 11.1. The first-order valence-corrected chi connectivity index (χ1v) is 16.8. The van der Waals surface area contributed by atoms with Crippen LogP contribution in [0.3, 0.4) is 0 Å². The predicted molar refractivity (Wildman–Crippen MR) is 200 cm³/mol. The lowest BCUT2D eigenvalue weighted by Crippen LogP contribution is -2.27. The average Bonchev–Trinajstić information content (AvgIpc) is 3.56. The minimum Gasteiger partial charge on any atom is -0.456 e. The van der Waals surface area contributed by atoms with Crippen molar-refractivity contribution in [2.24, 2.45) is 0 Å². The fourth-order valence-electron chi connectivity index (χ4n) is 7.48. The molecule has 0 unspecified atom stereocenters. The Hall–Kier alpha value is -6.39. The van der Waals surface area contributed by atoms with Crippen molar-refractivity contribution >= 4 is 54.9 Å². The summed E-state index contributed by atoms with van der Waals surface area (Å²) in [7, 11) is 0. The smallest absolute Gasteiger partial charge is 0.164 e. The third kappa shape index (κ3) is 4.56. The van der Waals surface area contributed by atoms with Gasteiger partial charge in [-0.1, -0.05) is 127 Å². The first kappa shape index (κ1) is 27.7. The van der Waals surface area contributed by atoms with E-state index in [1.165, 1.54) is 32.3 Å². The predicted octanol–water partition coefficient (Wildman–Crippen LogP) is 9.85. The fourth-order valence-corrected chi connectivity index (χ4v) is 7.48. The number of rotatable bonds is 4. The molecule has 1 aliphatic carbocycles. The average molecular weight is 628 g/mol. The Morgan fingerprint density at radius 1 is 0.408 bits per heavy atom. The molecule has 0 radical (unpaired) electrons. The summed E-state index contributed by atoms with van der Waals surface area (Å²) in [6.07, 6.45) is 3.87. The summed E-state index contributed by atoms with van der Waals surface area (Å²) >= 11 is 0. The van der Waals surface area contributed by atoms with Gasteiger partial charge >= 0.3 is 0 Å². The van der Waals surface area contributed by atoms with Crippen LogP contribution >= 0.6 is 0 Å². The van der Waals surface area contributed by atoms with Gasteiger partial charge in [0, 0.05) is 27.3 Å². The highest BCUT2D eigenvalue weighted by Gasteiger charge is 2.19. The third-order valence-corrected chi connectivity index (χ3v) is 9.79. The Morgan fingerprint density at radius 3 is 1.51 bits per heavy atom. The van der Waals surface area contributed by atoms with Crippen LogP contribution in [-0.2, 0) is 0 Å². The van der Waals surface area contributed by atoms with Crippen LogP contribution in [0.1, 0.15) is 18.7 Å². The van der Waals surface area contributed by atoms with Crippen LogP contribution in [0.5, 0.6) is 0 Å². The molecule has 0 atom stereocenters. The first-order chi connectivity index (χ1) is 24.3. The molecule has 230 valence electrons. The van der Waals surface area contributed by atoms with Gasteiger partial charge in [0.2, 0.25) is 0 Å². The van der Waals surface area contributed by atoms with Crippen molar-refractivity contribution in [3.8, 4) is 33.9 Å². The number of nitrogens with zero attached hydrogens (tertiary/aromatic N) is 3. The maximum atomic E-state index is 6.60. The number of aromatic nitrogens is 3. The quantitative estimate of drug-likeness (QED) is 0.182. The number of hydrogen-bond acceptors (Lipinski definition) is 4. The molecule has 0 saturated heterocycles. The van der Waals surface area contributed by atoms with Gasteiger partial charge in [-0.3, -0.25) is 0 Å². The lowest BCUT2D eigenvalue weighted by molar-refractivity contribution is 0.571. The van der Waals surface area contributed by atoms with E-state index in [1.54, 1.807) is 0 Å². The Balaban J connectivity index is 1.16. The lowest BCUT2D eigenvalue weighted by atomic mass is 9.92. The molecule has 0 spiro atoms. The second-order valence-corrected chi connectivity index (χ2v) is 12.7. The summed E-state index contributed by atoms with van der Waals surface area (Å²) in [5.74, 6) is 2.03. The Morgan fingerprint density at radius 2 is 0.898 bits per heavy atom. The number of furan rings is 1. The van der Waals surface area contributed by atoms with E-state index in [0.717, 1.165) is 62.3 Å². The van der Waals surface area contributed by atoms with Crippen LogP contribution in [-0.4, -0.2) is 15.0 Å². The summed E-state index contributed by atoms with van der Waals surface area (Å²) < 4.78 is 6.60. The van der Waals surface area contributed by atoms with Crippen molar-refractivity contribution in [2.75, 3.05) is 0 Å². The number of fused-ring (bicyclic) bond motifs is 9. The minimum atomic E-state index is 0.666. The van der Waals surface area contributed by atoms with E-state index in [-0.39, 0.29) is 0 Å².